The van der Waals surface area contributed by atoms with Crippen molar-refractivity contribution in [1.29, 1.82) is 0 Å². The number of aromatic nitrogens is 4. The van der Waals surface area contributed by atoms with Crippen molar-refractivity contribution in [3.63, 3.8) is 0 Å². The summed E-state index contributed by atoms with van der Waals surface area (Å²) in [6, 6.07) is 10.1. The van der Waals surface area contributed by atoms with Crippen LogP contribution in [0.1, 0.15) is 25.8 Å². The molecule has 9 heteroatoms. The summed E-state index contributed by atoms with van der Waals surface area (Å²) in [5.41, 5.74) is 1.85. The van der Waals surface area contributed by atoms with E-state index in [0.29, 0.717) is 28.6 Å². The Bertz CT molecular complexity index is 1020. The lowest BCUT2D eigenvalue weighted by molar-refractivity contribution is 0.238. The second kappa shape index (κ2) is 9.85. The number of nitrogens with zero attached hydrogens (tertiary/aromatic N) is 6. The van der Waals surface area contributed by atoms with E-state index in [1.54, 1.807) is 17.0 Å². The van der Waals surface area contributed by atoms with E-state index in [2.05, 4.69) is 45.2 Å². The van der Waals surface area contributed by atoms with Gasteiger partial charge in [0, 0.05) is 50.5 Å². The Morgan fingerprint density at radius 1 is 1.06 bits per heavy atom. The minimum atomic E-state index is 0.466. The van der Waals surface area contributed by atoms with Crippen molar-refractivity contribution < 1.29 is 0 Å². The highest BCUT2D eigenvalue weighted by atomic mass is 35.5. The van der Waals surface area contributed by atoms with Crippen LogP contribution in [0.25, 0.3) is 5.69 Å². The molecule has 0 amide bonds. The lowest BCUT2D eigenvalue weighted by Crippen LogP contribution is -2.35. The zero-order chi connectivity index (χ0) is 21.8. The zero-order valence-electron chi connectivity index (χ0n) is 17.8. The van der Waals surface area contributed by atoms with Gasteiger partial charge in [-0.2, -0.15) is 0 Å². The molecular weight excluding hydrogens is 433 g/mol. The first-order valence-corrected chi connectivity index (χ1v) is 11.3. The van der Waals surface area contributed by atoms with E-state index in [-0.39, 0.29) is 0 Å². The van der Waals surface area contributed by atoms with Crippen LogP contribution in [0.2, 0.25) is 10.0 Å². The lowest BCUT2D eigenvalue weighted by Gasteiger charge is -2.26. The number of anilines is 2. The van der Waals surface area contributed by atoms with Crippen LogP contribution < -0.4 is 10.2 Å². The van der Waals surface area contributed by atoms with E-state index in [0.717, 1.165) is 49.7 Å². The Hall–Kier alpha value is -2.35. The molecular formula is C22H27Cl2N7. The van der Waals surface area contributed by atoms with E-state index < -0.39 is 0 Å². The van der Waals surface area contributed by atoms with Crippen molar-refractivity contribution in [1.82, 2.24) is 24.6 Å². The molecule has 1 N–H and O–H groups in total. The summed E-state index contributed by atoms with van der Waals surface area (Å²) in [5, 5.41) is 12.6. The Kier molecular flexibility index (Phi) is 6.95. The fourth-order valence-corrected chi connectivity index (χ4v) is 4.29. The molecule has 1 saturated heterocycles. The molecule has 0 bridgehead atoms. The number of benzene rings is 1. The van der Waals surface area contributed by atoms with E-state index in [9.17, 15) is 0 Å². The van der Waals surface area contributed by atoms with Crippen molar-refractivity contribution in [2.24, 2.45) is 0 Å². The highest BCUT2D eigenvalue weighted by molar-refractivity contribution is 6.43. The van der Waals surface area contributed by atoms with Crippen LogP contribution >= 0.6 is 23.2 Å². The number of hydrogen-bond donors (Lipinski definition) is 1. The van der Waals surface area contributed by atoms with Crippen LogP contribution in [-0.2, 0) is 6.54 Å². The van der Waals surface area contributed by atoms with Gasteiger partial charge in [-0.05, 0) is 38.5 Å². The average Bonchev–Trinajstić information content (AvgIpc) is 3.08. The van der Waals surface area contributed by atoms with Crippen molar-refractivity contribution >= 4 is 35.0 Å². The predicted octanol–water partition coefficient (Wildman–Crippen LogP) is 4.50. The van der Waals surface area contributed by atoms with Crippen LogP contribution in [0.3, 0.4) is 0 Å². The second-order valence-corrected chi connectivity index (χ2v) is 8.69. The van der Waals surface area contributed by atoms with E-state index in [1.165, 1.54) is 0 Å². The van der Waals surface area contributed by atoms with Crippen LogP contribution in [-0.4, -0.2) is 56.9 Å². The molecule has 0 unspecified atom stereocenters. The van der Waals surface area contributed by atoms with Crippen LogP contribution in [0.4, 0.5) is 11.8 Å². The SMILES string of the molecule is CC(C)N1CCCN(c2ncccc2CNc2nncn2-c2cccc(Cl)c2Cl)CC1. The number of pyridine rings is 1. The number of hydrogen-bond acceptors (Lipinski definition) is 6. The molecule has 0 saturated carbocycles. The van der Waals surface area contributed by atoms with Crippen molar-refractivity contribution in [3.8, 4) is 5.69 Å². The van der Waals surface area contributed by atoms with Gasteiger partial charge in [-0.1, -0.05) is 35.3 Å². The first-order chi connectivity index (χ1) is 15.0. The molecule has 3 aromatic rings. The van der Waals surface area contributed by atoms with Gasteiger partial charge in [0.05, 0.1) is 15.7 Å². The Morgan fingerprint density at radius 2 is 1.94 bits per heavy atom. The molecule has 7 nitrogen and oxygen atoms in total. The zero-order valence-corrected chi connectivity index (χ0v) is 19.3. The Balaban J connectivity index is 1.51. The molecule has 0 spiro atoms. The van der Waals surface area contributed by atoms with Crippen molar-refractivity contribution in [3.05, 3.63) is 58.5 Å². The summed E-state index contributed by atoms with van der Waals surface area (Å²) >= 11 is 12.6. The Morgan fingerprint density at radius 3 is 2.77 bits per heavy atom. The number of halogens is 2. The third kappa shape index (κ3) is 4.95. The van der Waals surface area contributed by atoms with Gasteiger partial charge in [-0.15, -0.1) is 10.2 Å². The first kappa shape index (κ1) is 21.9. The van der Waals surface area contributed by atoms with E-state index >= 15 is 0 Å². The monoisotopic (exact) mass is 459 g/mol. The normalized spacial score (nSPS) is 15.3. The predicted molar refractivity (Wildman–Crippen MR) is 126 cm³/mol. The molecule has 31 heavy (non-hydrogen) atoms. The fourth-order valence-electron chi connectivity index (χ4n) is 3.90. The maximum atomic E-state index is 6.39. The fraction of sp³-hybridized carbons (Fsp3) is 0.409. The standard InChI is InChI=1S/C22H27Cl2N7/c1-16(2)29-10-5-11-30(13-12-29)21-17(6-4-9-25-21)14-26-22-28-27-15-31(22)19-8-3-7-18(23)20(19)24/h3-4,6-9,15-16H,5,10-14H2,1-2H3,(H,26,28). The first-order valence-electron chi connectivity index (χ1n) is 10.6. The summed E-state index contributed by atoms with van der Waals surface area (Å²) in [7, 11) is 0. The van der Waals surface area contributed by atoms with E-state index in [4.69, 9.17) is 28.2 Å². The minimum absolute atomic E-state index is 0.466. The van der Waals surface area contributed by atoms with Gasteiger partial charge in [-0.25, -0.2) is 4.98 Å². The largest absolute Gasteiger partial charge is 0.355 e. The second-order valence-electron chi connectivity index (χ2n) is 7.91. The van der Waals surface area contributed by atoms with Gasteiger partial charge in [-0.3, -0.25) is 9.47 Å². The molecule has 1 aliphatic rings. The van der Waals surface area contributed by atoms with Crippen molar-refractivity contribution in [2.75, 3.05) is 36.4 Å². The van der Waals surface area contributed by atoms with Gasteiger partial charge in [0.25, 0.3) is 0 Å². The van der Waals surface area contributed by atoms with Crippen LogP contribution in [0.5, 0.6) is 0 Å². The highest BCUT2D eigenvalue weighted by Gasteiger charge is 2.20. The summed E-state index contributed by atoms with van der Waals surface area (Å²) in [6.45, 7) is 9.23. The number of rotatable bonds is 6. The maximum Gasteiger partial charge on any atom is 0.229 e. The van der Waals surface area contributed by atoms with Gasteiger partial charge < -0.3 is 10.2 Å². The van der Waals surface area contributed by atoms with Crippen molar-refractivity contribution in [2.45, 2.75) is 32.9 Å². The molecule has 0 radical (unpaired) electrons. The molecule has 1 fully saturated rings. The van der Waals surface area contributed by atoms with Crippen LogP contribution in [0, 0.1) is 0 Å². The maximum absolute atomic E-state index is 6.39. The van der Waals surface area contributed by atoms with E-state index in [1.807, 2.05) is 24.4 Å². The molecule has 0 atom stereocenters. The molecule has 3 heterocycles. The quantitative estimate of drug-likeness (QED) is 0.585. The molecule has 0 aliphatic carbocycles. The van der Waals surface area contributed by atoms with Gasteiger partial charge in [0.15, 0.2) is 0 Å². The summed E-state index contributed by atoms with van der Waals surface area (Å²) in [4.78, 5) is 9.62. The Labute approximate surface area is 193 Å². The summed E-state index contributed by atoms with van der Waals surface area (Å²) in [5.74, 6) is 1.62. The third-order valence-electron chi connectivity index (χ3n) is 5.60. The molecule has 4 rings (SSSR count). The third-order valence-corrected chi connectivity index (χ3v) is 6.41. The van der Waals surface area contributed by atoms with Crippen LogP contribution in [0.15, 0.2) is 42.9 Å². The minimum Gasteiger partial charge on any atom is -0.355 e. The number of nitrogens with one attached hydrogen (secondary N) is 1. The van der Waals surface area contributed by atoms with Gasteiger partial charge >= 0.3 is 0 Å². The van der Waals surface area contributed by atoms with Gasteiger partial charge in [0.2, 0.25) is 5.95 Å². The van der Waals surface area contributed by atoms with Gasteiger partial charge in [0.1, 0.15) is 12.1 Å². The topological polar surface area (TPSA) is 62.1 Å². The molecule has 2 aromatic heterocycles. The average molecular weight is 460 g/mol. The highest BCUT2D eigenvalue weighted by Crippen LogP contribution is 2.30. The lowest BCUT2D eigenvalue weighted by atomic mass is 10.2. The summed E-state index contributed by atoms with van der Waals surface area (Å²) < 4.78 is 1.80. The summed E-state index contributed by atoms with van der Waals surface area (Å²) in [6.07, 6.45) is 4.61. The smallest absolute Gasteiger partial charge is 0.229 e. The molecule has 1 aromatic carbocycles. The molecule has 1 aliphatic heterocycles. The molecule has 164 valence electrons.